The van der Waals surface area contributed by atoms with E-state index < -0.39 is 0 Å². The maximum absolute atomic E-state index is 5.90. The molecule has 1 aliphatic rings. The molecular weight excluding hydrogens is 226 g/mol. The maximum atomic E-state index is 5.90. The van der Waals surface area contributed by atoms with Gasteiger partial charge in [0.25, 0.3) is 0 Å². The first-order valence-corrected chi connectivity index (χ1v) is 6.06. The van der Waals surface area contributed by atoms with Gasteiger partial charge in [-0.3, -0.25) is 9.97 Å². The van der Waals surface area contributed by atoms with Crippen molar-refractivity contribution in [3.05, 3.63) is 41.9 Å². The Labute approximate surface area is 106 Å². The first kappa shape index (κ1) is 11.2. The molecule has 0 fully saturated rings. The summed E-state index contributed by atoms with van der Waals surface area (Å²) in [7, 11) is 0. The third kappa shape index (κ3) is 1.75. The molecule has 18 heavy (non-hydrogen) atoms. The molecule has 4 nitrogen and oxygen atoms in total. The normalized spacial score (nSPS) is 17.3. The Balaban J connectivity index is 2.11. The fourth-order valence-electron chi connectivity index (χ4n) is 2.33. The molecule has 0 saturated heterocycles. The van der Waals surface area contributed by atoms with Crippen molar-refractivity contribution in [3.63, 3.8) is 0 Å². The van der Waals surface area contributed by atoms with E-state index in [2.05, 4.69) is 16.0 Å². The van der Waals surface area contributed by atoms with Crippen molar-refractivity contribution in [1.82, 2.24) is 9.97 Å². The average molecular weight is 241 g/mol. The summed E-state index contributed by atoms with van der Waals surface area (Å²) < 4.78 is 5.90. The van der Waals surface area contributed by atoms with Gasteiger partial charge in [-0.1, -0.05) is 12.1 Å². The zero-order chi connectivity index (χ0) is 12.5. The van der Waals surface area contributed by atoms with Crippen LogP contribution in [0.5, 0.6) is 5.75 Å². The molecule has 3 rings (SSSR count). The summed E-state index contributed by atoms with van der Waals surface area (Å²) in [5.41, 5.74) is 9.68. The summed E-state index contributed by atoms with van der Waals surface area (Å²) >= 11 is 0. The van der Waals surface area contributed by atoms with Crippen LogP contribution in [0.3, 0.4) is 0 Å². The average Bonchev–Trinajstić information content (AvgIpc) is 2.82. The highest BCUT2D eigenvalue weighted by Crippen LogP contribution is 2.38. The van der Waals surface area contributed by atoms with Crippen LogP contribution in [0.2, 0.25) is 0 Å². The van der Waals surface area contributed by atoms with Crippen LogP contribution < -0.4 is 10.5 Å². The van der Waals surface area contributed by atoms with Crippen LogP contribution in [0.1, 0.15) is 11.3 Å². The molecule has 0 bridgehead atoms. The maximum Gasteiger partial charge on any atom is 0.132 e. The Kier molecular flexibility index (Phi) is 2.72. The molecule has 92 valence electrons. The lowest BCUT2D eigenvalue weighted by Crippen LogP contribution is -2.24. The number of nitrogens with two attached hydrogens (primary N) is 1. The van der Waals surface area contributed by atoms with Crippen molar-refractivity contribution < 1.29 is 4.74 Å². The number of aryl methyl sites for hydroxylation is 1. The fourth-order valence-corrected chi connectivity index (χ4v) is 2.33. The van der Waals surface area contributed by atoms with Gasteiger partial charge in [0, 0.05) is 30.9 Å². The number of aromatic nitrogens is 2. The highest BCUT2D eigenvalue weighted by atomic mass is 16.5. The van der Waals surface area contributed by atoms with Crippen LogP contribution in [0.15, 0.2) is 30.6 Å². The number of para-hydroxylation sites is 1. The smallest absolute Gasteiger partial charge is 0.132 e. The van der Waals surface area contributed by atoms with E-state index in [1.807, 2.05) is 19.1 Å². The van der Waals surface area contributed by atoms with Crippen molar-refractivity contribution >= 4 is 0 Å². The topological polar surface area (TPSA) is 61.0 Å². The molecule has 2 heterocycles. The number of fused-ring (bicyclic) bond motifs is 1. The molecular formula is C14H15N3O. The monoisotopic (exact) mass is 241 g/mol. The molecule has 0 amide bonds. The molecule has 0 radical (unpaired) electrons. The zero-order valence-electron chi connectivity index (χ0n) is 10.3. The third-order valence-electron chi connectivity index (χ3n) is 3.23. The molecule has 1 atom stereocenters. The highest BCUT2D eigenvalue weighted by Gasteiger charge is 2.25. The summed E-state index contributed by atoms with van der Waals surface area (Å²) in [6.45, 7) is 2.49. The second-order valence-electron chi connectivity index (χ2n) is 4.46. The largest absolute Gasteiger partial charge is 0.488 e. The SMILES string of the molecule is Cc1nccnc1-c1cccc2c1OC(CN)C2. The minimum Gasteiger partial charge on any atom is -0.488 e. The van der Waals surface area contributed by atoms with E-state index in [1.165, 1.54) is 5.56 Å². The second kappa shape index (κ2) is 4.38. The van der Waals surface area contributed by atoms with E-state index in [-0.39, 0.29) is 6.10 Å². The lowest BCUT2D eigenvalue weighted by Gasteiger charge is -2.11. The zero-order valence-corrected chi connectivity index (χ0v) is 10.3. The van der Waals surface area contributed by atoms with Crippen LogP contribution in [-0.2, 0) is 6.42 Å². The van der Waals surface area contributed by atoms with Gasteiger partial charge in [-0.15, -0.1) is 0 Å². The quantitative estimate of drug-likeness (QED) is 0.869. The standard InChI is InChI=1S/C14H15N3O/c1-9-13(17-6-5-16-9)12-4-2-3-10-7-11(8-15)18-14(10)12/h2-6,11H,7-8,15H2,1H3. The molecule has 1 aromatic carbocycles. The summed E-state index contributed by atoms with van der Waals surface area (Å²) in [6, 6.07) is 6.14. The van der Waals surface area contributed by atoms with Crippen LogP contribution in [-0.4, -0.2) is 22.6 Å². The summed E-state index contributed by atoms with van der Waals surface area (Å²) in [4.78, 5) is 8.68. The summed E-state index contributed by atoms with van der Waals surface area (Å²) in [6.07, 6.45) is 4.36. The number of rotatable bonds is 2. The van der Waals surface area contributed by atoms with Gasteiger partial charge in [-0.25, -0.2) is 0 Å². The van der Waals surface area contributed by atoms with Crippen molar-refractivity contribution in [2.24, 2.45) is 5.73 Å². The van der Waals surface area contributed by atoms with Crippen molar-refractivity contribution in [2.45, 2.75) is 19.4 Å². The van der Waals surface area contributed by atoms with Gasteiger partial charge in [-0.2, -0.15) is 0 Å². The van der Waals surface area contributed by atoms with Gasteiger partial charge >= 0.3 is 0 Å². The second-order valence-corrected chi connectivity index (χ2v) is 4.46. The fraction of sp³-hybridized carbons (Fsp3) is 0.286. The Bertz CT molecular complexity index is 583. The predicted octanol–water partition coefficient (Wildman–Crippen LogP) is 1.71. The van der Waals surface area contributed by atoms with Gasteiger partial charge in [0.2, 0.25) is 0 Å². The van der Waals surface area contributed by atoms with Crippen LogP contribution in [0.25, 0.3) is 11.3 Å². The van der Waals surface area contributed by atoms with Gasteiger partial charge in [-0.05, 0) is 18.6 Å². The van der Waals surface area contributed by atoms with Crippen molar-refractivity contribution in [1.29, 1.82) is 0 Å². The molecule has 0 aliphatic carbocycles. The van der Waals surface area contributed by atoms with Gasteiger partial charge in [0.1, 0.15) is 11.9 Å². The van der Waals surface area contributed by atoms with E-state index in [0.29, 0.717) is 6.54 Å². The van der Waals surface area contributed by atoms with E-state index in [9.17, 15) is 0 Å². The van der Waals surface area contributed by atoms with Crippen molar-refractivity contribution in [3.8, 4) is 17.0 Å². The van der Waals surface area contributed by atoms with Gasteiger partial charge < -0.3 is 10.5 Å². The van der Waals surface area contributed by atoms with Crippen LogP contribution >= 0.6 is 0 Å². The summed E-state index contributed by atoms with van der Waals surface area (Å²) in [5, 5.41) is 0. The minimum atomic E-state index is 0.0816. The molecule has 1 unspecified atom stereocenters. The Morgan fingerprint density at radius 3 is 2.94 bits per heavy atom. The first-order valence-electron chi connectivity index (χ1n) is 6.06. The highest BCUT2D eigenvalue weighted by molar-refractivity contribution is 5.71. The number of ether oxygens (including phenoxy) is 1. The first-order chi connectivity index (χ1) is 8.79. The number of hydrogen-bond donors (Lipinski definition) is 1. The molecule has 1 aromatic heterocycles. The number of benzene rings is 1. The Hall–Kier alpha value is -1.94. The molecule has 0 spiro atoms. The summed E-state index contributed by atoms with van der Waals surface area (Å²) in [5.74, 6) is 0.913. The molecule has 1 aliphatic heterocycles. The van der Waals surface area contributed by atoms with E-state index >= 15 is 0 Å². The minimum absolute atomic E-state index is 0.0816. The lowest BCUT2D eigenvalue weighted by atomic mass is 10.0. The molecule has 0 saturated carbocycles. The van der Waals surface area contributed by atoms with Gasteiger partial charge in [0.05, 0.1) is 11.4 Å². The van der Waals surface area contributed by atoms with Crippen molar-refractivity contribution in [2.75, 3.05) is 6.54 Å². The third-order valence-corrected chi connectivity index (χ3v) is 3.23. The van der Waals surface area contributed by atoms with E-state index in [1.54, 1.807) is 12.4 Å². The molecule has 2 N–H and O–H groups in total. The van der Waals surface area contributed by atoms with E-state index in [0.717, 1.165) is 29.1 Å². The molecule has 4 heteroatoms. The number of hydrogen-bond acceptors (Lipinski definition) is 4. The Morgan fingerprint density at radius 1 is 1.33 bits per heavy atom. The van der Waals surface area contributed by atoms with E-state index in [4.69, 9.17) is 10.5 Å². The molecule has 2 aromatic rings. The Morgan fingerprint density at radius 2 is 2.17 bits per heavy atom. The lowest BCUT2D eigenvalue weighted by molar-refractivity contribution is 0.242. The van der Waals surface area contributed by atoms with Crippen LogP contribution in [0, 0.1) is 6.92 Å². The predicted molar refractivity (Wildman–Crippen MR) is 69.4 cm³/mol. The van der Waals surface area contributed by atoms with Crippen LogP contribution in [0.4, 0.5) is 0 Å². The van der Waals surface area contributed by atoms with Gasteiger partial charge in [0.15, 0.2) is 0 Å². The number of nitrogens with zero attached hydrogens (tertiary/aromatic N) is 2.